The summed E-state index contributed by atoms with van der Waals surface area (Å²) >= 11 is 0. The zero-order valence-corrected chi connectivity index (χ0v) is 14.8. The van der Waals surface area contributed by atoms with Crippen LogP contribution in [0.2, 0.25) is 0 Å². The Bertz CT molecular complexity index is 926. The van der Waals surface area contributed by atoms with Crippen molar-refractivity contribution in [3.63, 3.8) is 0 Å². The van der Waals surface area contributed by atoms with Crippen LogP contribution in [0.5, 0.6) is 0 Å². The lowest BCUT2D eigenvalue weighted by molar-refractivity contribution is -0.137. The quantitative estimate of drug-likeness (QED) is 0.868. The molecule has 0 unspecified atom stereocenters. The van der Waals surface area contributed by atoms with E-state index in [1.54, 1.807) is 12.1 Å². The normalized spacial score (nSPS) is 14.6. The van der Waals surface area contributed by atoms with Gasteiger partial charge in [0.05, 0.1) is 11.3 Å². The number of anilines is 1. The van der Waals surface area contributed by atoms with Gasteiger partial charge in [0.15, 0.2) is 5.82 Å². The molecule has 1 N–H and O–H groups in total. The van der Waals surface area contributed by atoms with Crippen LogP contribution in [-0.2, 0) is 22.2 Å². The third-order valence-corrected chi connectivity index (χ3v) is 4.07. The van der Waals surface area contributed by atoms with Crippen molar-refractivity contribution in [2.45, 2.75) is 25.4 Å². The highest BCUT2D eigenvalue weighted by Crippen LogP contribution is 2.29. The van der Waals surface area contributed by atoms with E-state index in [1.807, 2.05) is 0 Å². The number of hydrogen-bond donors (Lipinski definition) is 1. The van der Waals surface area contributed by atoms with Gasteiger partial charge >= 0.3 is 6.18 Å². The van der Waals surface area contributed by atoms with Gasteiger partial charge in [-0.2, -0.15) is 23.4 Å². The van der Waals surface area contributed by atoms with Gasteiger partial charge in [0.25, 0.3) is 5.91 Å². The number of aromatic nitrogens is 2. The van der Waals surface area contributed by atoms with Crippen LogP contribution in [0.1, 0.15) is 29.7 Å². The number of amides is 2. The Morgan fingerprint density at radius 2 is 1.96 bits per heavy atom. The van der Waals surface area contributed by atoms with Crippen molar-refractivity contribution in [2.75, 3.05) is 12.4 Å². The summed E-state index contributed by atoms with van der Waals surface area (Å²) in [6, 6.07) is 8.06. The van der Waals surface area contributed by atoms with Crippen LogP contribution in [0.4, 0.5) is 19.0 Å². The molecule has 0 saturated carbocycles. The maximum absolute atomic E-state index is 12.8. The molecule has 0 saturated heterocycles. The fourth-order valence-corrected chi connectivity index (χ4v) is 2.61. The van der Waals surface area contributed by atoms with Crippen LogP contribution in [0.15, 0.2) is 41.5 Å². The largest absolute Gasteiger partial charge is 0.416 e. The molecule has 0 bridgehead atoms. The zero-order chi connectivity index (χ0) is 20.3. The maximum Gasteiger partial charge on any atom is 0.416 e. The molecule has 1 aromatic carbocycles. The number of rotatable bonds is 4. The number of nitrogens with one attached hydrogen (secondary N) is 1. The molecular weight excluding hydrogens is 375 g/mol. The number of hydrogen-bond acceptors (Lipinski definition) is 5. The van der Waals surface area contributed by atoms with Crippen LogP contribution in [-0.4, -0.2) is 39.8 Å². The molecule has 146 valence electrons. The predicted octanol–water partition coefficient (Wildman–Crippen LogP) is 2.63. The van der Waals surface area contributed by atoms with E-state index >= 15 is 0 Å². The van der Waals surface area contributed by atoms with Crippen LogP contribution in [0, 0.1) is 0 Å². The second-order valence-electron chi connectivity index (χ2n) is 6.20. The van der Waals surface area contributed by atoms with E-state index in [2.05, 4.69) is 20.6 Å². The van der Waals surface area contributed by atoms with Gasteiger partial charge in [0.2, 0.25) is 5.91 Å². The van der Waals surface area contributed by atoms with Gasteiger partial charge in [0, 0.05) is 26.3 Å². The van der Waals surface area contributed by atoms with Gasteiger partial charge in [-0.15, -0.1) is 5.10 Å². The summed E-state index contributed by atoms with van der Waals surface area (Å²) in [5.41, 5.74) is 0.387. The molecule has 1 aromatic heterocycles. The first-order chi connectivity index (χ1) is 13.2. The second-order valence-corrected chi connectivity index (χ2v) is 6.20. The fourth-order valence-electron chi connectivity index (χ4n) is 2.61. The number of carbonyl (C=O) groups is 2. The Balaban J connectivity index is 1.65. The van der Waals surface area contributed by atoms with Crippen molar-refractivity contribution >= 4 is 23.3 Å². The van der Waals surface area contributed by atoms with E-state index in [-0.39, 0.29) is 36.7 Å². The minimum atomic E-state index is -4.41. The van der Waals surface area contributed by atoms with Crippen molar-refractivity contribution in [2.24, 2.45) is 5.10 Å². The Hall–Kier alpha value is -3.30. The molecule has 28 heavy (non-hydrogen) atoms. The summed E-state index contributed by atoms with van der Waals surface area (Å²) in [7, 11) is 1.47. The van der Waals surface area contributed by atoms with Crippen LogP contribution in [0.25, 0.3) is 0 Å². The molecule has 2 heterocycles. The van der Waals surface area contributed by atoms with Crippen molar-refractivity contribution in [1.82, 2.24) is 15.2 Å². The Kier molecular flexibility index (Phi) is 5.39. The Morgan fingerprint density at radius 1 is 1.18 bits per heavy atom. The van der Waals surface area contributed by atoms with Gasteiger partial charge in [-0.25, -0.2) is 5.01 Å². The van der Waals surface area contributed by atoms with Gasteiger partial charge in [-0.1, -0.05) is 18.2 Å². The molecule has 2 aromatic rings. The number of benzene rings is 1. The first kappa shape index (κ1) is 19.5. The van der Waals surface area contributed by atoms with Crippen LogP contribution >= 0.6 is 0 Å². The first-order valence-corrected chi connectivity index (χ1v) is 8.36. The summed E-state index contributed by atoms with van der Waals surface area (Å²) in [6.07, 6.45) is -3.80. The molecule has 7 nitrogen and oxygen atoms in total. The van der Waals surface area contributed by atoms with Crippen LogP contribution in [0.3, 0.4) is 0 Å². The SMILES string of the molecule is CN1N=C(C(=O)Nc2ccc(Cc3cccc(C(F)(F)F)c3)nn2)CCC1=O. The standard InChI is InChI=1S/C18H16F3N5O2/c1-26-16(27)8-6-14(25-26)17(28)22-15-7-5-13(23-24-15)10-11-3-2-4-12(9-11)18(19,20)21/h2-5,7,9H,6,8,10H2,1H3,(H,22,24,28). The molecule has 0 fully saturated rings. The van der Waals surface area contributed by atoms with Gasteiger partial charge in [0.1, 0.15) is 5.71 Å². The maximum atomic E-state index is 12.8. The average Bonchev–Trinajstić information content (AvgIpc) is 2.65. The molecule has 0 spiro atoms. The molecule has 0 aliphatic carbocycles. The molecule has 2 amide bonds. The molecular formula is C18H16F3N5O2. The molecule has 3 rings (SSSR count). The lowest BCUT2D eigenvalue weighted by atomic mass is 10.1. The van der Waals surface area contributed by atoms with Crippen molar-refractivity contribution in [1.29, 1.82) is 0 Å². The summed E-state index contributed by atoms with van der Waals surface area (Å²) in [4.78, 5) is 23.6. The Morgan fingerprint density at radius 3 is 2.61 bits per heavy atom. The number of halogens is 3. The second kappa shape index (κ2) is 7.75. The third kappa shape index (κ3) is 4.70. The average molecular weight is 391 g/mol. The van der Waals surface area contributed by atoms with E-state index in [1.165, 1.54) is 19.2 Å². The van der Waals surface area contributed by atoms with Gasteiger partial charge < -0.3 is 5.32 Å². The van der Waals surface area contributed by atoms with Crippen LogP contribution < -0.4 is 5.32 Å². The zero-order valence-electron chi connectivity index (χ0n) is 14.8. The van der Waals surface area contributed by atoms with E-state index < -0.39 is 17.6 Å². The minimum Gasteiger partial charge on any atom is -0.304 e. The summed E-state index contributed by atoms with van der Waals surface area (Å²) < 4.78 is 38.3. The number of carbonyl (C=O) groups excluding carboxylic acids is 2. The summed E-state index contributed by atoms with van der Waals surface area (Å²) in [6.45, 7) is 0. The number of hydrazone groups is 1. The molecule has 10 heteroatoms. The van der Waals surface area contributed by atoms with E-state index in [0.717, 1.165) is 17.1 Å². The fraction of sp³-hybridized carbons (Fsp3) is 0.278. The number of nitrogens with zero attached hydrogens (tertiary/aromatic N) is 4. The van der Waals surface area contributed by atoms with Gasteiger partial charge in [-0.05, 0) is 23.8 Å². The predicted molar refractivity (Wildman–Crippen MR) is 94.4 cm³/mol. The van der Waals surface area contributed by atoms with Crippen molar-refractivity contribution < 1.29 is 22.8 Å². The molecule has 0 atom stereocenters. The highest BCUT2D eigenvalue weighted by molar-refractivity contribution is 6.43. The smallest absolute Gasteiger partial charge is 0.304 e. The number of alkyl halides is 3. The Labute approximate surface area is 158 Å². The van der Waals surface area contributed by atoms with E-state index in [9.17, 15) is 22.8 Å². The first-order valence-electron chi connectivity index (χ1n) is 8.36. The third-order valence-electron chi connectivity index (χ3n) is 4.07. The molecule has 1 aliphatic rings. The topological polar surface area (TPSA) is 87.6 Å². The van der Waals surface area contributed by atoms with Gasteiger partial charge in [-0.3, -0.25) is 9.59 Å². The summed E-state index contributed by atoms with van der Waals surface area (Å²) in [5, 5.41) is 15.4. The molecule has 0 radical (unpaired) electrons. The lowest BCUT2D eigenvalue weighted by Crippen LogP contribution is -2.34. The van der Waals surface area contributed by atoms with E-state index in [4.69, 9.17) is 0 Å². The minimum absolute atomic E-state index is 0.171. The summed E-state index contributed by atoms with van der Waals surface area (Å²) in [5.74, 6) is -0.477. The highest BCUT2D eigenvalue weighted by Gasteiger charge is 2.30. The monoisotopic (exact) mass is 391 g/mol. The van der Waals surface area contributed by atoms with E-state index in [0.29, 0.717) is 11.3 Å². The van der Waals surface area contributed by atoms with Crippen molar-refractivity contribution in [3.05, 3.63) is 53.2 Å². The highest BCUT2D eigenvalue weighted by atomic mass is 19.4. The van der Waals surface area contributed by atoms with Crippen molar-refractivity contribution in [3.8, 4) is 0 Å². The lowest BCUT2D eigenvalue weighted by Gasteiger charge is -2.18. The molecule has 1 aliphatic heterocycles.